The Morgan fingerprint density at radius 3 is 2.28 bits per heavy atom. The lowest BCUT2D eigenvalue weighted by molar-refractivity contribution is -0.119. The first-order valence-corrected chi connectivity index (χ1v) is 13.1. The van der Waals surface area contributed by atoms with Gasteiger partial charge in [-0.3, -0.25) is 9.10 Å². The van der Waals surface area contributed by atoms with Crippen LogP contribution in [0.25, 0.3) is 0 Å². The Morgan fingerprint density at radius 1 is 0.969 bits per heavy atom. The molecule has 5 nitrogen and oxygen atoms in total. The van der Waals surface area contributed by atoms with Crippen LogP contribution in [0.4, 0.5) is 5.69 Å². The number of nitrogens with zero attached hydrogens (tertiary/aromatic N) is 1. The molecule has 0 saturated heterocycles. The third-order valence-electron chi connectivity index (χ3n) is 4.69. The second kappa shape index (κ2) is 11.4. The number of benzene rings is 3. The fourth-order valence-corrected chi connectivity index (χ4v) is 5.34. The number of carbonyl (C=O) groups excluding carboxylic acids is 1. The van der Waals surface area contributed by atoms with E-state index in [1.54, 1.807) is 60.3 Å². The molecule has 0 heterocycles. The number of anilines is 1. The number of carbonyl (C=O) groups is 1. The fourth-order valence-electron chi connectivity index (χ4n) is 2.97. The smallest absolute Gasteiger partial charge is 0.264 e. The van der Waals surface area contributed by atoms with Crippen LogP contribution in [-0.4, -0.2) is 33.2 Å². The molecule has 8 heteroatoms. The molecule has 0 bridgehead atoms. The lowest BCUT2D eigenvalue weighted by Gasteiger charge is -2.24. The number of amides is 1. The van der Waals surface area contributed by atoms with Crippen LogP contribution >= 0.6 is 23.4 Å². The molecule has 0 spiro atoms. The van der Waals surface area contributed by atoms with E-state index in [9.17, 15) is 13.2 Å². The van der Waals surface area contributed by atoms with Gasteiger partial charge in [-0.2, -0.15) is 11.8 Å². The standard InChI is InChI=1S/C24H25ClN2O3S2/c1-19-7-13-23(14-8-19)32(29,30)27(22-11-9-21(25)10-12-22)17-24(28)26-15-16-31-18-20-5-3-2-4-6-20/h2-14H,15-18H2,1H3,(H,26,28). The summed E-state index contributed by atoms with van der Waals surface area (Å²) in [5.41, 5.74) is 2.55. The molecule has 0 fully saturated rings. The molecule has 0 aliphatic heterocycles. The van der Waals surface area contributed by atoms with E-state index >= 15 is 0 Å². The zero-order chi connectivity index (χ0) is 23.0. The van der Waals surface area contributed by atoms with Crippen molar-refractivity contribution in [2.75, 3.05) is 23.1 Å². The number of halogens is 1. The van der Waals surface area contributed by atoms with Gasteiger partial charge >= 0.3 is 0 Å². The van der Waals surface area contributed by atoms with E-state index in [4.69, 9.17) is 11.6 Å². The molecule has 0 atom stereocenters. The summed E-state index contributed by atoms with van der Waals surface area (Å²) in [5, 5.41) is 3.31. The van der Waals surface area contributed by atoms with Crippen molar-refractivity contribution in [1.29, 1.82) is 0 Å². The van der Waals surface area contributed by atoms with Gasteiger partial charge in [-0.1, -0.05) is 59.6 Å². The first-order chi connectivity index (χ1) is 15.4. The van der Waals surface area contributed by atoms with E-state index in [-0.39, 0.29) is 17.3 Å². The van der Waals surface area contributed by atoms with Gasteiger partial charge in [0.25, 0.3) is 10.0 Å². The predicted octanol–water partition coefficient (Wildman–Crippen LogP) is 4.89. The molecule has 1 N–H and O–H groups in total. The average Bonchev–Trinajstić information content (AvgIpc) is 2.79. The van der Waals surface area contributed by atoms with Crippen molar-refractivity contribution in [2.24, 2.45) is 0 Å². The molecule has 0 unspecified atom stereocenters. The highest BCUT2D eigenvalue weighted by atomic mass is 35.5. The highest BCUT2D eigenvalue weighted by Crippen LogP contribution is 2.25. The zero-order valence-corrected chi connectivity index (χ0v) is 20.1. The Balaban J connectivity index is 1.65. The van der Waals surface area contributed by atoms with Crippen molar-refractivity contribution in [1.82, 2.24) is 5.32 Å². The van der Waals surface area contributed by atoms with Gasteiger partial charge in [0.1, 0.15) is 6.54 Å². The Hall–Kier alpha value is -2.48. The van der Waals surface area contributed by atoms with Crippen molar-refractivity contribution in [2.45, 2.75) is 17.6 Å². The summed E-state index contributed by atoms with van der Waals surface area (Å²) in [4.78, 5) is 12.7. The van der Waals surface area contributed by atoms with Crippen LogP contribution in [0.15, 0.2) is 83.8 Å². The third-order valence-corrected chi connectivity index (χ3v) is 7.76. The maximum atomic E-state index is 13.3. The molecule has 0 radical (unpaired) electrons. The Bertz CT molecular complexity index is 1120. The van der Waals surface area contributed by atoms with Crippen molar-refractivity contribution in [3.63, 3.8) is 0 Å². The summed E-state index contributed by atoms with van der Waals surface area (Å²) in [6.07, 6.45) is 0. The Labute approximate surface area is 198 Å². The van der Waals surface area contributed by atoms with Crippen molar-refractivity contribution in [3.05, 3.63) is 95.0 Å². The van der Waals surface area contributed by atoms with Gasteiger partial charge in [0.05, 0.1) is 10.6 Å². The molecule has 168 valence electrons. The summed E-state index contributed by atoms with van der Waals surface area (Å²) in [6, 6.07) is 23.1. The number of hydrogen-bond acceptors (Lipinski definition) is 4. The lowest BCUT2D eigenvalue weighted by Crippen LogP contribution is -2.41. The van der Waals surface area contributed by atoms with Crippen LogP contribution in [-0.2, 0) is 20.6 Å². The highest BCUT2D eigenvalue weighted by molar-refractivity contribution is 7.98. The van der Waals surface area contributed by atoms with Crippen LogP contribution in [0.5, 0.6) is 0 Å². The second-order valence-electron chi connectivity index (χ2n) is 7.19. The second-order valence-corrected chi connectivity index (χ2v) is 10.6. The first-order valence-electron chi connectivity index (χ1n) is 10.1. The van der Waals surface area contributed by atoms with E-state index in [0.717, 1.165) is 21.4 Å². The lowest BCUT2D eigenvalue weighted by atomic mass is 10.2. The van der Waals surface area contributed by atoms with E-state index in [1.165, 1.54) is 5.56 Å². The topological polar surface area (TPSA) is 66.5 Å². The van der Waals surface area contributed by atoms with Gasteiger partial charge in [-0.25, -0.2) is 8.42 Å². The summed E-state index contributed by atoms with van der Waals surface area (Å²) >= 11 is 7.67. The number of nitrogens with one attached hydrogen (secondary N) is 1. The minimum Gasteiger partial charge on any atom is -0.354 e. The Kier molecular flexibility index (Phi) is 8.61. The van der Waals surface area contributed by atoms with Crippen LogP contribution in [0.1, 0.15) is 11.1 Å². The van der Waals surface area contributed by atoms with Crippen LogP contribution in [0.2, 0.25) is 5.02 Å². The van der Waals surface area contributed by atoms with E-state index in [0.29, 0.717) is 17.3 Å². The minimum absolute atomic E-state index is 0.129. The molecular weight excluding hydrogens is 464 g/mol. The SMILES string of the molecule is Cc1ccc(S(=O)(=O)N(CC(=O)NCCSCc2ccccc2)c2ccc(Cl)cc2)cc1. The predicted molar refractivity (Wildman–Crippen MR) is 133 cm³/mol. The van der Waals surface area contributed by atoms with Crippen molar-refractivity contribution in [3.8, 4) is 0 Å². The molecule has 0 aliphatic carbocycles. The minimum atomic E-state index is -3.93. The number of aryl methyl sites for hydroxylation is 1. The van der Waals surface area contributed by atoms with Crippen molar-refractivity contribution >= 4 is 45.0 Å². The molecule has 1 amide bonds. The fraction of sp³-hybridized carbons (Fsp3) is 0.208. The highest BCUT2D eigenvalue weighted by Gasteiger charge is 2.27. The maximum absolute atomic E-state index is 13.3. The first kappa shape index (κ1) is 24.2. The van der Waals surface area contributed by atoms with Gasteiger partial charge < -0.3 is 5.32 Å². The number of hydrogen-bond donors (Lipinski definition) is 1. The molecule has 3 aromatic rings. The number of thioether (sulfide) groups is 1. The number of rotatable bonds is 10. The van der Waals surface area contributed by atoms with Gasteiger partial charge in [0.15, 0.2) is 0 Å². The molecule has 0 saturated carbocycles. The Morgan fingerprint density at radius 2 is 1.62 bits per heavy atom. The van der Waals surface area contributed by atoms with Crippen molar-refractivity contribution < 1.29 is 13.2 Å². The van der Waals surface area contributed by atoms with Crippen LogP contribution in [0, 0.1) is 6.92 Å². The number of sulfonamides is 1. The summed E-state index contributed by atoms with van der Waals surface area (Å²) in [6.45, 7) is 2.02. The van der Waals surface area contributed by atoms with Gasteiger partial charge in [0, 0.05) is 23.1 Å². The van der Waals surface area contributed by atoms with E-state index in [2.05, 4.69) is 17.4 Å². The maximum Gasteiger partial charge on any atom is 0.264 e. The van der Waals surface area contributed by atoms with Crippen LogP contribution < -0.4 is 9.62 Å². The molecule has 32 heavy (non-hydrogen) atoms. The molecule has 0 aromatic heterocycles. The summed E-state index contributed by atoms with van der Waals surface area (Å²) in [7, 11) is -3.93. The summed E-state index contributed by atoms with van der Waals surface area (Å²) < 4.78 is 27.7. The zero-order valence-electron chi connectivity index (χ0n) is 17.7. The van der Waals surface area contributed by atoms with Gasteiger partial charge in [0.2, 0.25) is 5.91 Å². The quantitative estimate of drug-likeness (QED) is 0.412. The molecule has 0 aliphatic rings. The van der Waals surface area contributed by atoms with E-state index < -0.39 is 10.0 Å². The average molecular weight is 489 g/mol. The monoisotopic (exact) mass is 488 g/mol. The normalized spacial score (nSPS) is 11.2. The van der Waals surface area contributed by atoms with Gasteiger partial charge in [-0.15, -0.1) is 0 Å². The van der Waals surface area contributed by atoms with Gasteiger partial charge in [-0.05, 0) is 48.9 Å². The van der Waals surface area contributed by atoms with Crippen LogP contribution in [0.3, 0.4) is 0 Å². The molecule has 3 rings (SSSR count). The largest absolute Gasteiger partial charge is 0.354 e. The molecule has 3 aromatic carbocycles. The summed E-state index contributed by atoms with van der Waals surface area (Å²) in [5.74, 6) is 1.22. The molecular formula is C24H25ClN2O3S2. The van der Waals surface area contributed by atoms with E-state index in [1.807, 2.05) is 25.1 Å². The third kappa shape index (κ3) is 6.76.